The Hall–Kier alpha value is -2.05. The molecule has 0 heterocycles. The highest BCUT2D eigenvalue weighted by Gasteiger charge is 2.44. The number of halogens is 2. The van der Waals surface area contributed by atoms with E-state index in [1.807, 2.05) is 6.07 Å². The predicted octanol–water partition coefficient (Wildman–Crippen LogP) is 10.3. The molecule has 0 fully saturated rings. The minimum atomic E-state index is -2.13. The fourth-order valence-electron chi connectivity index (χ4n) is 5.50. The summed E-state index contributed by atoms with van der Waals surface area (Å²) < 4.78 is 0. The second-order valence-electron chi connectivity index (χ2n) is 12.1. The van der Waals surface area contributed by atoms with Crippen molar-refractivity contribution in [2.45, 2.75) is 58.7 Å². The number of hydrogen-bond donors (Lipinski definition) is 1. The third-order valence-electron chi connectivity index (χ3n) is 7.01. The molecule has 1 N–H and O–H groups in total. The monoisotopic (exact) mass is 550 g/mol. The number of rotatable bonds is 5. The lowest BCUT2D eigenvalue weighted by Crippen LogP contribution is -2.31. The first-order valence-electron chi connectivity index (χ1n) is 12.5. The van der Waals surface area contributed by atoms with Gasteiger partial charge in [-0.3, -0.25) is 0 Å². The van der Waals surface area contributed by atoms with Gasteiger partial charge in [0, 0.05) is 5.54 Å². The Morgan fingerprint density at radius 3 is 1.86 bits per heavy atom. The van der Waals surface area contributed by atoms with E-state index in [1.165, 1.54) is 39.0 Å². The molecule has 4 rings (SSSR count). The number of allylic oxidation sites excluding steroid dienone is 3. The summed E-state index contributed by atoms with van der Waals surface area (Å²) in [6, 6.07) is 21.1. The average molecular weight is 552 g/mol. The Balaban J connectivity index is 2.21. The summed E-state index contributed by atoms with van der Waals surface area (Å²) in [4.78, 5) is 0. The lowest BCUT2D eigenvalue weighted by Gasteiger charge is -2.31. The van der Waals surface area contributed by atoms with Crippen LogP contribution in [-0.2, 0) is 0 Å². The second kappa shape index (κ2) is 9.68. The zero-order chi connectivity index (χ0) is 26.6. The van der Waals surface area contributed by atoms with Crippen LogP contribution >= 0.6 is 23.2 Å². The van der Waals surface area contributed by atoms with Crippen molar-refractivity contribution in [2.24, 2.45) is 0 Å². The summed E-state index contributed by atoms with van der Waals surface area (Å²) in [5.74, 6) is 0.215. The molecule has 3 aromatic rings. The third kappa shape index (κ3) is 4.91. The van der Waals surface area contributed by atoms with Gasteiger partial charge in [-0.15, -0.1) is 0 Å². The zero-order valence-corrected chi connectivity index (χ0v) is 26.1. The van der Waals surface area contributed by atoms with Gasteiger partial charge >= 0.3 is 0 Å². The maximum Gasteiger partial charge on any atom is 0.125 e. The molecule has 1 aliphatic rings. The maximum absolute atomic E-state index is 12.0. The second-order valence-corrected chi connectivity index (χ2v) is 23.2. The van der Waals surface area contributed by atoms with E-state index in [0.717, 1.165) is 5.20 Å². The van der Waals surface area contributed by atoms with Gasteiger partial charge in [-0.25, -0.2) is 0 Å². The number of aliphatic hydroxyl groups is 1. The quantitative estimate of drug-likeness (QED) is 0.247. The molecular formula is C31H36Cl2OSi2. The molecule has 0 saturated heterocycles. The van der Waals surface area contributed by atoms with Crippen LogP contribution in [0.4, 0.5) is 0 Å². The van der Waals surface area contributed by atoms with Gasteiger partial charge in [0.2, 0.25) is 0 Å². The molecule has 0 amide bonds. The molecule has 0 bridgehead atoms. The Bertz CT molecular complexity index is 1370. The predicted molar refractivity (Wildman–Crippen MR) is 165 cm³/mol. The fourth-order valence-corrected chi connectivity index (χ4v) is 10.3. The summed E-state index contributed by atoms with van der Waals surface area (Å²) >= 11 is 13.3. The number of fused-ring (bicyclic) bond motifs is 1. The molecule has 0 aliphatic heterocycles. The maximum atomic E-state index is 12.0. The molecule has 36 heavy (non-hydrogen) atoms. The van der Waals surface area contributed by atoms with E-state index in [2.05, 4.69) is 95.6 Å². The van der Waals surface area contributed by atoms with Gasteiger partial charge in [-0.2, -0.15) is 0 Å². The van der Waals surface area contributed by atoms with Crippen molar-refractivity contribution >= 4 is 56.3 Å². The minimum Gasteiger partial charge on any atom is -0.507 e. The normalized spacial score (nSPS) is 16.8. The van der Waals surface area contributed by atoms with Crippen LogP contribution in [0.1, 0.15) is 38.9 Å². The van der Waals surface area contributed by atoms with Gasteiger partial charge in [0.1, 0.15) is 5.76 Å². The van der Waals surface area contributed by atoms with Gasteiger partial charge in [0.05, 0.1) is 31.8 Å². The van der Waals surface area contributed by atoms with Crippen molar-refractivity contribution in [3.05, 3.63) is 109 Å². The Labute approximate surface area is 228 Å². The van der Waals surface area contributed by atoms with E-state index in [4.69, 9.17) is 23.2 Å². The van der Waals surface area contributed by atoms with E-state index in [-0.39, 0.29) is 5.76 Å². The van der Waals surface area contributed by atoms with Crippen molar-refractivity contribution in [3.63, 3.8) is 0 Å². The van der Waals surface area contributed by atoms with Crippen molar-refractivity contribution in [2.75, 3.05) is 0 Å². The lowest BCUT2D eigenvalue weighted by atomic mass is 9.97. The van der Waals surface area contributed by atoms with Crippen molar-refractivity contribution < 1.29 is 5.11 Å². The minimum absolute atomic E-state index is 0.215. The SMILES string of the molecule is Cc1ccc(C2=C(/C(=C(\O)c3c(Cl)cccc3Cl)[Si](C)(C)C)c3ccc(C)cc3C2[Si](C)(C)C)cc1. The summed E-state index contributed by atoms with van der Waals surface area (Å²) in [5, 5.41) is 14.0. The topological polar surface area (TPSA) is 20.2 Å². The zero-order valence-electron chi connectivity index (χ0n) is 22.6. The van der Waals surface area contributed by atoms with Crippen LogP contribution in [0.5, 0.6) is 0 Å². The van der Waals surface area contributed by atoms with Crippen LogP contribution in [0.3, 0.4) is 0 Å². The van der Waals surface area contributed by atoms with Crippen molar-refractivity contribution in [1.29, 1.82) is 0 Å². The Kier molecular flexibility index (Phi) is 7.26. The van der Waals surface area contributed by atoms with E-state index >= 15 is 0 Å². The Morgan fingerprint density at radius 2 is 1.33 bits per heavy atom. The molecular weight excluding hydrogens is 515 g/mol. The summed E-state index contributed by atoms with van der Waals surface area (Å²) in [6.07, 6.45) is 0. The largest absolute Gasteiger partial charge is 0.507 e. The highest BCUT2D eigenvalue weighted by atomic mass is 35.5. The van der Waals surface area contributed by atoms with E-state index < -0.39 is 16.1 Å². The molecule has 0 spiro atoms. The molecule has 0 saturated carbocycles. The molecule has 1 unspecified atom stereocenters. The van der Waals surface area contributed by atoms with Crippen molar-refractivity contribution in [3.8, 4) is 0 Å². The average Bonchev–Trinajstić information content (AvgIpc) is 3.07. The van der Waals surface area contributed by atoms with Crippen LogP contribution in [0.2, 0.25) is 49.3 Å². The van der Waals surface area contributed by atoms with Gasteiger partial charge in [-0.05, 0) is 59.0 Å². The Morgan fingerprint density at radius 1 is 0.778 bits per heavy atom. The van der Waals surface area contributed by atoms with E-state index in [9.17, 15) is 5.11 Å². The van der Waals surface area contributed by atoms with Gasteiger partial charge < -0.3 is 5.11 Å². The number of aryl methyl sites for hydroxylation is 2. The van der Waals surface area contributed by atoms with Gasteiger partial charge in [-0.1, -0.05) is 122 Å². The number of hydrogen-bond acceptors (Lipinski definition) is 1. The first-order chi connectivity index (χ1) is 16.7. The lowest BCUT2D eigenvalue weighted by molar-refractivity contribution is 0.510. The molecule has 188 valence electrons. The molecule has 1 atom stereocenters. The van der Waals surface area contributed by atoms with Crippen molar-refractivity contribution in [1.82, 2.24) is 0 Å². The first-order valence-corrected chi connectivity index (χ1v) is 20.4. The molecule has 1 nitrogen and oxygen atoms in total. The van der Waals surface area contributed by atoms with Crippen LogP contribution in [-0.4, -0.2) is 21.3 Å². The molecule has 0 aromatic heterocycles. The van der Waals surface area contributed by atoms with Crippen LogP contribution < -0.4 is 0 Å². The summed E-state index contributed by atoms with van der Waals surface area (Å²) in [5.41, 5.74) is 9.69. The third-order valence-corrected chi connectivity index (χ3v) is 12.0. The van der Waals surface area contributed by atoms with Crippen LogP contribution in [0, 0.1) is 13.8 Å². The number of benzene rings is 3. The smallest absolute Gasteiger partial charge is 0.125 e. The summed E-state index contributed by atoms with van der Waals surface area (Å²) in [7, 11) is -3.87. The molecule has 3 aromatic carbocycles. The number of aliphatic hydroxyl groups excluding tert-OH is 1. The first kappa shape index (κ1) is 27.0. The summed E-state index contributed by atoms with van der Waals surface area (Å²) in [6.45, 7) is 18.5. The highest BCUT2D eigenvalue weighted by Crippen LogP contribution is 2.56. The molecule has 1 aliphatic carbocycles. The van der Waals surface area contributed by atoms with Crippen LogP contribution in [0.25, 0.3) is 16.9 Å². The molecule has 0 radical (unpaired) electrons. The van der Waals surface area contributed by atoms with E-state index in [1.54, 1.807) is 12.1 Å². The van der Waals surface area contributed by atoms with Crippen LogP contribution in [0.15, 0.2) is 65.9 Å². The highest BCUT2D eigenvalue weighted by molar-refractivity contribution is 6.87. The van der Waals surface area contributed by atoms with Gasteiger partial charge in [0.15, 0.2) is 0 Å². The molecule has 5 heteroatoms. The standard InChI is InChI=1S/C31H36Cl2OSi2/c1-19-12-15-21(16-13-19)26-27(22-17-14-20(2)18-23(22)30(26)35(3,4)5)31(36(6,7)8)29(34)28-24(32)10-9-11-25(28)33/h9-18,30,34H,1-8H3/b31-29+. The van der Waals surface area contributed by atoms with Gasteiger partial charge in [0.25, 0.3) is 0 Å². The fraction of sp³-hybridized carbons (Fsp3) is 0.290. The van der Waals surface area contributed by atoms with E-state index in [0.29, 0.717) is 21.1 Å².